The van der Waals surface area contributed by atoms with Crippen LogP contribution in [-0.2, 0) is 6.54 Å². The van der Waals surface area contributed by atoms with Gasteiger partial charge in [-0.25, -0.2) is 13.9 Å². The molecule has 0 bridgehead atoms. The van der Waals surface area contributed by atoms with E-state index in [9.17, 15) is 9.90 Å². The van der Waals surface area contributed by atoms with Crippen molar-refractivity contribution >= 4 is 5.65 Å². The van der Waals surface area contributed by atoms with Gasteiger partial charge in [0.05, 0.1) is 18.8 Å². The van der Waals surface area contributed by atoms with E-state index in [0.29, 0.717) is 5.65 Å². The van der Waals surface area contributed by atoms with Crippen molar-refractivity contribution in [3.05, 3.63) is 64.0 Å². The highest BCUT2D eigenvalue weighted by Gasteiger charge is 2.13. The molecule has 2 heterocycles. The van der Waals surface area contributed by atoms with Crippen LogP contribution in [-0.4, -0.2) is 24.3 Å². The number of benzene rings is 1. The minimum atomic E-state index is -0.779. The van der Waals surface area contributed by atoms with Gasteiger partial charge in [-0.05, 0) is 19.4 Å². The van der Waals surface area contributed by atoms with E-state index in [1.807, 2.05) is 32.0 Å². The number of aromatic nitrogens is 4. The van der Waals surface area contributed by atoms with Crippen molar-refractivity contribution in [3.8, 4) is 0 Å². The van der Waals surface area contributed by atoms with Crippen LogP contribution in [0.3, 0.4) is 0 Å². The molecule has 0 spiro atoms. The summed E-state index contributed by atoms with van der Waals surface area (Å²) in [6, 6.07) is 5.87. The van der Waals surface area contributed by atoms with E-state index in [0.717, 1.165) is 16.7 Å². The van der Waals surface area contributed by atoms with Gasteiger partial charge in [0.1, 0.15) is 0 Å². The predicted molar refractivity (Wildman–Crippen MR) is 78.1 cm³/mol. The fraction of sp³-hybridized carbons (Fsp3) is 0.267. The van der Waals surface area contributed by atoms with Crippen molar-refractivity contribution in [3.63, 3.8) is 0 Å². The van der Waals surface area contributed by atoms with Gasteiger partial charge in [0.25, 0.3) is 0 Å². The van der Waals surface area contributed by atoms with Gasteiger partial charge in [0, 0.05) is 12.4 Å². The maximum Gasteiger partial charge on any atom is 0.350 e. The van der Waals surface area contributed by atoms with Crippen LogP contribution in [0.25, 0.3) is 5.65 Å². The van der Waals surface area contributed by atoms with E-state index in [-0.39, 0.29) is 12.2 Å². The Morgan fingerprint density at radius 2 is 1.95 bits per heavy atom. The van der Waals surface area contributed by atoms with Crippen molar-refractivity contribution in [2.45, 2.75) is 26.5 Å². The number of aliphatic hydroxyl groups excluding tert-OH is 1. The first-order valence-corrected chi connectivity index (χ1v) is 6.70. The molecule has 21 heavy (non-hydrogen) atoms. The lowest BCUT2D eigenvalue weighted by atomic mass is 10.0. The van der Waals surface area contributed by atoms with Gasteiger partial charge in [0.15, 0.2) is 5.65 Å². The minimum absolute atomic E-state index is 0.114. The summed E-state index contributed by atoms with van der Waals surface area (Å²) in [6.45, 7) is 4.07. The normalized spacial score (nSPS) is 12.7. The van der Waals surface area contributed by atoms with Crippen LogP contribution in [0.4, 0.5) is 0 Å². The lowest BCUT2D eigenvalue weighted by molar-refractivity contribution is 0.150. The third kappa shape index (κ3) is 2.57. The zero-order valence-electron chi connectivity index (χ0n) is 11.9. The van der Waals surface area contributed by atoms with E-state index in [1.165, 1.54) is 21.5 Å². The van der Waals surface area contributed by atoms with Crippen LogP contribution in [0.5, 0.6) is 0 Å². The summed E-state index contributed by atoms with van der Waals surface area (Å²) < 4.78 is 2.67. The molecular formula is C15H16N4O2. The Kier molecular flexibility index (Phi) is 3.31. The number of aryl methyl sites for hydroxylation is 2. The quantitative estimate of drug-likeness (QED) is 0.785. The third-order valence-corrected chi connectivity index (χ3v) is 3.36. The molecule has 1 unspecified atom stereocenters. The summed E-state index contributed by atoms with van der Waals surface area (Å²) in [7, 11) is 0. The van der Waals surface area contributed by atoms with Crippen molar-refractivity contribution in [2.24, 2.45) is 0 Å². The SMILES string of the molecule is Cc1cc(C)cc(C(O)Cn2nc3cnccn3c2=O)c1. The molecule has 0 saturated carbocycles. The van der Waals surface area contributed by atoms with Crippen molar-refractivity contribution in [2.75, 3.05) is 0 Å². The summed E-state index contributed by atoms with van der Waals surface area (Å²) in [4.78, 5) is 16.1. The van der Waals surface area contributed by atoms with Crippen molar-refractivity contribution < 1.29 is 5.11 Å². The fourth-order valence-corrected chi connectivity index (χ4v) is 2.47. The highest BCUT2D eigenvalue weighted by molar-refractivity contribution is 5.32. The molecule has 6 heteroatoms. The molecule has 0 aliphatic heterocycles. The van der Waals surface area contributed by atoms with Crippen LogP contribution in [0.2, 0.25) is 0 Å². The van der Waals surface area contributed by atoms with Crippen LogP contribution in [0.1, 0.15) is 22.8 Å². The summed E-state index contributed by atoms with van der Waals surface area (Å²) >= 11 is 0. The smallest absolute Gasteiger partial charge is 0.350 e. The van der Waals surface area contributed by atoms with Gasteiger partial charge in [-0.1, -0.05) is 29.3 Å². The number of aliphatic hydroxyl groups is 1. The Bertz CT molecular complexity index is 830. The molecule has 1 N–H and O–H groups in total. The van der Waals surface area contributed by atoms with Gasteiger partial charge in [-0.15, -0.1) is 5.10 Å². The maximum absolute atomic E-state index is 12.2. The molecule has 1 aromatic carbocycles. The molecule has 3 aromatic rings. The van der Waals surface area contributed by atoms with Crippen LogP contribution >= 0.6 is 0 Å². The van der Waals surface area contributed by atoms with Gasteiger partial charge in [0.2, 0.25) is 0 Å². The molecular weight excluding hydrogens is 268 g/mol. The molecule has 108 valence electrons. The van der Waals surface area contributed by atoms with Gasteiger partial charge in [-0.3, -0.25) is 4.98 Å². The van der Waals surface area contributed by atoms with E-state index in [1.54, 1.807) is 6.20 Å². The van der Waals surface area contributed by atoms with Gasteiger partial charge >= 0.3 is 5.69 Å². The fourth-order valence-electron chi connectivity index (χ4n) is 2.47. The summed E-state index contributed by atoms with van der Waals surface area (Å²) in [6.07, 6.45) is 3.82. The number of hydrogen-bond acceptors (Lipinski definition) is 4. The molecule has 3 rings (SSSR count). The third-order valence-electron chi connectivity index (χ3n) is 3.36. The monoisotopic (exact) mass is 284 g/mol. The highest BCUT2D eigenvalue weighted by Crippen LogP contribution is 2.18. The largest absolute Gasteiger partial charge is 0.386 e. The topological polar surface area (TPSA) is 72.4 Å². The average Bonchev–Trinajstić information content (AvgIpc) is 2.75. The Morgan fingerprint density at radius 1 is 1.24 bits per heavy atom. The number of nitrogens with zero attached hydrogens (tertiary/aromatic N) is 4. The van der Waals surface area contributed by atoms with Crippen LogP contribution in [0, 0.1) is 13.8 Å². The van der Waals surface area contributed by atoms with Crippen molar-refractivity contribution in [1.82, 2.24) is 19.2 Å². The van der Waals surface area contributed by atoms with E-state index < -0.39 is 6.10 Å². The molecule has 0 aliphatic carbocycles. The Morgan fingerprint density at radius 3 is 2.62 bits per heavy atom. The Hall–Kier alpha value is -2.47. The lowest BCUT2D eigenvalue weighted by Crippen LogP contribution is -2.24. The molecule has 2 aromatic heterocycles. The highest BCUT2D eigenvalue weighted by atomic mass is 16.3. The average molecular weight is 284 g/mol. The second kappa shape index (κ2) is 5.14. The van der Waals surface area contributed by atoms with E-state index in [4.69, 9.17) is 0 Å². The first kappa shape index (κ1) is 13.5. The van der Waals surface area contributed by atoms with Crippen LogP contribution in [0.15, 0.2) is 41.6 Å². The van der Waals surface area contributed by atoms with Crippen LogP contribution < -0.4 is 5.69 Å². The molecule has 6 nitrogen and oxygen atoms in total. The second-order valence-electron chi connectivity index (χ2n) is 5.21. The number of rotatable bonds is 3. The Labute approximate surface area is 121 Å². The van der Waals surface area contributed by atoms with Crippen molar-refractivity contribution in [1.29, 1.82) is 0 Å². The predicted octanol–water partition coefficient (Wildman–Crippen LogP) is 1.24. The molecule has 0 saturated heterocycles. The second-order valence-corrected chi connectivity index (χ2v) is 5.21. The first-order valence-electron chi connectivity index (χ1n) is 6.70. The molecule has 0 aliphatic rings. The van der Waals surface area contributed by atoms with E-state index in [2.05, 4.69) is 10.1 Å². The maximum atomic E-state index is 12.2. The standard InChI is InChI=1S/C15H16N4O2/c1-10-5-11(2)7-12(6-10)13(20)9-19-15(21)18-4-3-16-8-14(18)17-19/h3-8,13,20H,9H2,1-2H3. The number of hydrogen-bond donors (Lipinski definition) is 1. The lowest BCUT2D eigenvalue weighted by Gasteiger charge is -2.12. The van der Waals surface area contributed by atoms with Gasteiger partial charge < -0.3 is 5.11 Å². The zero-order valence-corrected chi connectivity index (χ0v) is 11.9. The minimum Gasteiger partial charge on any atom is -0.386 e. The summed E-state index contributed by atoms with van der Waals surface area (Å²) in [5.74, 6) is 0. The summed E-state index contributed by atoms with van der Waals surface area (Å²) in [5.41, 5.74) is 3.13. The first-order chi connectivity index (χ1) is 10.0. The molecule has 0 radical (unpaired) electrons. The molecule has 0 amide bonds. The molecule has 0 fully saturated rings. The van der Waals surface area contributed by atoms with E-state index >= 15 is 0 Å². The Balaban J connectivity index is 1.94. The number of fused-ring (bicyclic) bond motifs is 1. The van der Waals surface area contributed by atoms with Gasteiger partial charge in [-0.2, -0.15) is 0 Å². The summed E-state index contributed by atoms with van der Waals surface area (Å²) in [5, 5.41) is 14.5. The zero-order chi connectivity index (χ0) is 15.0. The molecule has 1 atom stereocenters.